The van der Waals surface area contributed by atoms with Crippen LogP contribution in [0.1, 0.15) is 28.5 Å². The van der Waals surface area contributed by atoms with Crippen molar-refractivity contribution in [3.63, 3.8) is 0 Å². The third-order valence-electron chi connectivity index (χ3n) is 2.30. The summed E-state index contributed by atoms with van der Waals surface area (Å²) < 4.78 is 7.14. The summed E-state index contributed by atoms with van der Waals surface area (Å²) in [6.45, 7) is 1.95. The van der Waals surface area contributed by atoms with Crippen molar-refractivity contribution in [1.82, 2.24) is 9.55 Å². The van der Waals surface area contributed by atoms with Crippen LogP contribution < -0.4 is 0 Å². The third kappa shape index (κ3) is 2.52. The van der Waals surface area contributed by atoms with Gasteiger partial charge in [0.25, 0.3) is 0 Å². The summed E-state index contributed by atoms with van der Waals surface area (Å²) in [6, 6.07) is 3.15. The number of carboxylic acid groups (broad SMARTS) is 1. The minimum Gasteiger partial charge on any atom is -0.475 e. The molecule has 0 aliphatic heterocycles. The van der Waals surface area contributed by atoms with E-state index in [1.807, 2.05) is 24.7 Å². The number of nitrogens with zero attached hydrogens (tertiary/aromatic N) is 2. The predicted octanol–water partition coefficient (Wildman–Crippen LogP) is 2.56. The summed E-state index contributed by atoms with van der Waals surface area (Å²) in [6.07, 6.45) is 3.58. The maximum Gasteiger partial charge on any atom is 0.371 e. The van der Waals surface area contributed by atoms with E-state index in [0.717, 1.165) is 5.16 Å². The zero-order valence-corrected chi connectivity index (χ0v) is 10.3. The van der Waals surface area contributed by atoms with Gasteiger partial charge in [0.2, 0.25) is 5.76 Å². The number of thioether (sulfide) groups is 1. The quantitative estimate of drug-likeness (QED) is 0.847. The number of imidazole rings is 1. The van der Waals surface area contributed by atoms with Crippen molar-refractivity contribution in [3.8, 4) is 0 Å². The maximum absolute atomic E-state index is 10.7. The number of carbonyl (C=O) groups is 1. The third-order valence-corrected chi connectivity index (χ3v) is 3.49. The van der Waals surface area contributed by atoms with Gasteiger partial charge in [-0.05, 0) is 19.1 Å². The number of hydrogen-bond acceptors (Lipinski definition) is 4. The lowest BCUT2D eigenvalue weighted by molar-refractivity contribution is 0.0660. The highest BCUT2D eigenvalue weighted by Gasteiger charge is 2.16. The van der Waals surface area contributed by atoms with Crippen molar-refractivity contribution in [2.24, 2.45) is 7.05 Å². The molecular formula is C11H12N2O3S. The number of hydrogen-bond donors (Lipinski definition) is 1. The van der Waals surface area contributed by atoms with Crippen molar-refractivity contribution in [2.75, 3.05) is 0 Å². The molecule has 0 aliphatic rings. The molecule has 0 saturated heterocycles. The molecule has 0 amide bonds. The zero-order valence-electron chi connectivity index (χ0n) is 9.45. The van der Waals surface area contributed by atoms with Gasteiger partial charge in [-0.25, -0.2) is 9.78 Å². The van der Waals surface area contributed by atoms with Crippen LogP contribution in [0, 0.1) is 0 Å². The Balaban J connectivity index is 2.12. The van der Waals surface area contributed by atoms with Gasteiger partial charge in [0.1, 0.15) is 5.76 Å². The summed E-state index contributed by atoms with van der Waals surface area (Å²) in [5.41, 5.74) is 0. The van der Waals surface area contributed by atoms with E-state index in [1.54, 1.807) is 12.3 Å². The molecule has 17 heavy (non-hydrogen) atoms. The first-order chi connectivity index (χ1) is 8.08. The van der Waals surface area contributed by atoms with Crippen LogP contribution in [0.2, 0.25) is 0 Å². The molecule has 1 atom stereocenters. The summed E-state index contributed by atoms with van der Waals surface area (Å²) in [5.74, 6) is -0.451. The van der Waals surface area contributed by atoms with Crippen molar-refractivity contribution in [3.05, 3.63) is 36.0 Å². The summed E-state index contributed by atoms with van der Waals surface area (Å²) >= 11 is 1.52. The van der Waals surface area contributed by atoms with Gasteiger partial charge in [-0.1, -0.05) is 11.8 Å². The van der Waals surface area contributed by atoms with E-state index in [-0.39, 0.29) is 11.0 Å². The van der Waals surface area contributed by atoms with Crippen molar-refractivity contribution in [2.45, 2.75) is 17.3 Å². The Morgan fingerprint density at radius 3 is 2.88 bits per heavy atom. The fraction of sp³-hybridized carbons (Fsp3) is 0.273. The average Bonchev–Trinajstić information content (AvgIpc) is 2.88. The minimum absolute atomic E-state index is 0.0178. The number of aromatic carboxylic acids is 1. The average molecular weight is 252 g/mol. The fourth-order valence-electron chi connectivity index (χ4n) is 1.37. The summed E-state index contributed by atoms with van der Waals surface area (Å²) in [7, 11) is 1.91. The lowest BCUT2D eigenvalue weighted by Crippen LogP contribution is -1.94. The van der Waals surface area contributed by atoms with Crippen LogP contribution in [-0.2, 0) is 7.05 Å². The lowest BCUT2D eigenvalue weighted by atomic mass is 10.3. The first-order valence-electron chi connectivity index (χ1n) is 5.05. The van der Waals surface area contributed by atoms with Crippen LogP contribution in [0.25, 0.3) is 0 Å². The summed E-state index contributed by atoms with van der Waals surface area (Å²) in [5, 5.41) is 9.65. The maximum atomic E-state index is 10.7. The molecule has 1 unspecified atom stereocenters. The van der Waals surface area contributed by atoms with Crippen LogP contribution in [0.15, 0.2) is 34.1 Å². The summed E-state index contributed by atoms with van der Waals surface area (Å²) in [4.78, 5) is 14.9. The molecular weight excluding hydrogens is 240 g/mol. The first-order valence-corrected chi connectivity index (χ1v) is 5.93. The number of furan rings is 1. The molecule has 0 saturated carbocycles. The molecule has 0 spiro atoms. The Kier molecular flexibility index (Phi) is 3.23. The number of carboxylic acids is 1. The normalized spacial score (nSPS) is 12.6. The zero-order chi connectivity index (χ0) is 12.4. The largest absolute Gasteiger partial charge is 0.475 e. The van der Waals surface area contributed by atoms with Crippen LogP contribution in [-0.4, -0.2) is 20.6 Å². The first kappa shape index (κ1) is 11.8. The molecule has 0 radical (unpaired) electrons. The predicted molar refractivity (Wildman–Crippen MR) is 63.1 cm³/mol. The van der Waals surface area contributed by atoms with Crippen LogP contribution in [0.5, 0.6) is 0 Å². The molecule has 2 heterocycles. The van der Waals surface area contributed by atoms with Crippen molar-refractivity contribution < 1.29 is 14.3 Å². The van der Waals surface area contributed by atoms with E-state index in [0.29, 0.717) is 5.76 Å². The van der Waals surface area contributed by atoms with Gasteiger partial charge in [0, 0.05) is 19.4 Å². The van der Waals surface area contributed by atoms with Gasteiger partial charge in [-0.3, -0.25) is 0 Å². The van der Waals surface area contributed by atoms with E-state index < -0.39 is 5.97 Å². The number of aromatic nitrogens is 2. The fourth-order valence-corrected chi connectivity index (χ4v) is 2.28. The monoisotopic (exact) mass is 252 g/mol. The topological polar surface area (TPSA) is 68.3 Å². The molecule has 2 rings (SSSR count). The molecule has 5 nitrogen and oxygen atoms in total. The van der Waals surface area contributed by atoms with Crippen LogP contribution in [0.4, 0.5) is 0 Å². The molecule has 0 bridgehead atoms. The Morgan fingerprint density at radius 1 is 1.59 bits per heavy atom. The second kappa shape index (κ2) is 4.67. The highest BCUT2D eigenvalue weighted by atomic mass is 32.2. The van der Waals surface area contributed by atoms with E-state index in [1.165, 1.54) is 17.8 Å². The molecule has 0 aromatic carbocycles. The van der Waals surface area contributed by atoms with Gasteiger partial charge in [0.15, 0.2) is 5.16 Å². The smallest absolute Gasteiger partial charge is 0.371 e. The molecule has 2 aromatic heterocycles. The van der Waals surface area contributed by atoms with Gasteiger partial charge in [-0.2, -0.15) is 0 Å². The Hall–Kier alpha value is -1.69. The van der Waals surface area contributed by atoms with Gasteiger partial charge in [-0.15, -0.1) is 0 Å². The minimum atomic E-state index is -1.05. The van der Waals surface area contributed by atoms with Gasteiger partial charge < -0.3 is 14.1 Å². The second-order valence-corrected chi connectivity index (χ2v) is 4.90. The van der Waals surface area contributed by atoms with E-state index in [2.05, 4.69) is 4.98 Å². The molecule has 90 valence electrons. The molecule has 1 N–H and O–H groups in total. The van der Waals surface area contributed by atoms with E-state index >= 15 is 0 Å². The second-order valence-electron chi connectivity index (χ2n) is 3.59. The van der Waals surface area contributed by atoms with E-state index in [4.69, 9.17) is 9.52 Å². The SMILES string of the molecule is CC(Sc1nccn1C)c1ccc(C(=O)O)o1. The van der Waals surface area contributed by atoms with Crippen molar-refractivity contribution >= 4 is 17.7 Å². The molecule has 0 aliphatic carbocycles. The van der Waals surface area contributed by atoms with Crippen LogP contribution in [0.3, 0.4) is 0 Å². The molecule has 0 fully saturated rings. The van der Waals surface area contributed by atoms with Crippen LogP contribution >= 0.6 is 11.8 Å². The lowest BCUT2D eigenvalue weighted by Gasteiger charge is -2.07. The number of rotatable bonds is 4. The standard InChI is InChI=1S/C11H12N2O3S/c1-7(17-11-12-5-6-13(11)2)8-3-4-9(16-8)10(14)15/h3-7H,1-2H3,(H,14,15). The van der Waals surface area contributed by atoms with Crippen molar-refractivity contribution in [1.29, 1.82) is 0 Å². The molecule has 6 heteroatoms. The van der Waals surface area contributed by atoms with Gasteiger partial charge >= 0.3 is 5.97 Å². The van der Waals surface area contributed by atoms with Gasteiger partial charge in [0.05, 0.1) is 5.25 Å². The highest BCUT2D eigenvalue weighted by Crippen LogP contribution is 2.34. The number of aryl methyl sites for hydroxylation is 1. The Bertz CT molecular complexity index is 532. The van der Waals surface area contributed by atoms with E-state index in [9.17, 15) is 4.79 Å². The molecule has 2 aromatic rings. The Labute approximate surface area is 102 Å². The highest BCUT2D eigenvalue weighted by molar-refractivity contribution is 7.99. The Morgan fingerprint density at radius 2 is 2.35 bits per heavy atom.